The molecule has 0 saturated heterocycles. The Morgan fingerprint density at radius 3 is 2.69 bits per heavy atom. The van der Waals surface area contributed by atoms with Crippen molar-refractivity contribution in [3.8, 4) is 0 Å². The van der Waals surface area contributed by atoms with Gasteiger partial charge in [-0.15, -0.1) is 0 Å². The summed E-state index contributed by atoms with van der Waals surface area (Å²) >= 11 is 6.10. The normalized spacial score (nSPS) is 11.0. The van der Waals surface area contributed by atoms with Crippen molar-refractivity contribution in [3.63, 3.8) is 0 Å². The Labute approximate surface area is 155 Å². The summed E-state index contributed by atoms with van der Waals surface area (Å²) in [5.74, 6) is -0.701. The minimum atomic E-state index is -0.388. The van der Waals surface area contributed by atoms with E-state index in [4.69, 9.17) is 11.6 Å². The molecule has 0 bridgehead atoms. The smallest absolute Gasteiger partial charge is 0.276 e. The second-order valence-electron chi connectivity index (χ2n) is 5.91. The number of nitrogens with zero attached hydrogens (tertiary/aromatic N) is 4. The van der Waals surface area contributed by atoms with Gasteiger partial charge in [0.15, 0.2) is 5.69 Å². The molecule has 2 heterocycles. The third-order valence-electron chi connectivity index (χ3n) is 4.19. The van der Waals surface area contributed by atoms with Crippen molar-refractivity contribution in [1.82, 2.24) is 19.6 Å². The van der Waals surface area contributed by atoms with Gasteiger partial charge in [-0.2, -0.15) is 10.2 Å². The number of rotatable bonds is 5. The van der Waals surface area contributed by atoms with Crippen LogP contribution in [0.3, 0.4) is 0 Å². The zero-order valence-electron chi connectivity index (χ0n) is 14.8. The molecular weight excluding hydrogens is 357 g/mol. The lowest BCUT2D eigenvalue weighted by atomic mass is 10.2. The van der Waals surface area contributed by atoms with E-state index in [9.17, 15) is 9.18 Å². The molecule has 3 aromatic rings. The summed E-state index contributed by atoms with van der Waals surface area (Å²) in [6.45, 7) is 6.41. The highest BCUT2D eigenvalue weighted by atomic mass is 35.5. The Morgan fingerprint density at radius 1 is 1.27 bits per heavy atom. The summed E-state index contributed by atoms with van der Waals surface area (Å²) in [5.41, 5.74) is 2.63. The minimum absolute atomic E-state index is 0.179. The van der Waals surface area contributed by atoms with E-state index in [1.165, 1.54) is 6.07 Å². The predicted molar refractivity (Wildman–Crippen MR) is 98.1 cm³/mol. The van der Waals surface area contributed by atoms with Gasteiger partial charge >= 0.3 is 0 Å². The highest BCUT2D eigenvalue weighted by Crippen LogP contribution is 2.24. The summed E-state index contributed by atoms with van der Waals surface area (Å²) in [7, 11) is 0. The highest BCUT2D eigenvalue weighted by Gasteiger charge is 2.18. The molecule has 1 N–H and O–H groups in total. The maximum absolute atomic E-state index is 14.0. The monoisotopic (exact) mass is 375 g/mol. The fraction of sp³-hybridized carbons (Fsp3) is 0.278. The maximum atomic E-state index is 14.0. The van der Waals surface area contributed by atoms with E-state index in [2.05, 4.69) is 15.5 Å². The molecule has 0 atom stereocenters. The number of carbonyl (C=O) groups is 1. The lowest BCUT2D eigenvalue weighted by Gasteiger charge is -2.09. The molecule has 0 aliphatic carbocycles. The fourth-order valence-electron chi connectivity index (χ4n) is 2.70. The van der Waals surface area contributed by atoms with Crippen LogP contribution in [0.15, 0.2) is 30.5 Å². The van der Waals surface area contributed by atoms with E-state index in [1.807, 2.05) is 13.8 Å². The van der Waals surface area contributed by atoms with Gasteiger partial charge in [0.05, 0.1) is 23.6 Å². The Morgan fingerprint density at radius 2 is 2.04 bits per heavy atom. The van der Waals surface area contributed by atoms with Crippen molar-refractivity contribution in [1.29, 1.82) is 0 Å². The van der Waals surface area contributed by atoms with Gasteiger partial charge in [0.2, 0.25) is 0 Å². The van der Waals surface area contributed by atoms with E-state index in [-0.39, 0.29) is 18.3 Å². The van der Waals surface area contributed by atoms with Gasteiger partial charge < -0.3 is 5.32 Å². The zero-order valence-corrected chi connectivity index (χ0v) is 15.5. The number of amides is 1. The van der Waals surface area contributed by atoms with Crippen LogP contribution in [0.5, 0.6) is 0 Å². The fourth-order valence-corrected chi connectivity index (χ4v) is 2.92. The molecule has 2 aromatic heterocycles. The van der Waals surface area contributed by atoms with E-state index >= 15 is 0 Å². The average molecular weight is 376 g/mol. The van der Waals surface area contributed by atoms with Gasteiger partial charge in [-0.1, -0.05) is 17.7 Å². The minimum Gasteiger partial charge on any atom is -0.317 e. The third-order valence-corrected chi connectivity index (χ3v) is 4.54. The molecule has 26 heavy (non-hydrogen) atoms. The van der Waals surface area contributed by atoms with Gasteiger partial charge in [0, 0.05) is 23.3 Å². The van der Waals surface area contributed by atoms with Crippen LogP contribution in [0.4, 0.5) is 10.1 Å². The molecule has 0 unspecified atom stereocenters. The van der Waals surface area contributed by atoms with Crippen molar-refractivity contribution >= 4 is 23.2 Å². The first-order chi connectivity index (χ1) is 12.4. The van der Waals surface area contributed by atoms with Crippen LogP contribution in [0, 0.1) is 19.7 Å². The lowest BCUT2D eigenvalue weighted by molar-refractivity contribution is 0.102. The number of hydrogen-bond donors (Lipinski definition) is 1. The van der Waals surface area contributed by atoms with E-state index < -0.39 is 0 Å². The first-order valence-corrected chi connectivity index (χ1v) is 8.60. The largest absolute Gasteiger partial charge is 0.317 e. The third kappa shape index (κ3) is 3.48. The van der Waals surface area contributed by atoms with Gasteiger partial charge in [0.1, 0.15) is 5.82 Å². The van der Waals surface area contributed by atoms with Gasteiger partial charge in [-0.05, 0) is 39.0 Å². The second kappa shape index (κ2) is 7.29. The number of carbonyl (C=O) groups excluding carboxylic acids is 1. The molecule has 136 valence electrons. The highest BCUT2D eigenvalue weighted by molar-refractivity contribution is 6.31. The quantitative estimate of drug-likeness (QED) is 0.737. The topological polar surface area (TPSA) is 64.7 Å². The number of nitrogens with one attached hydrogen (secondary N) is 1. The van der Waals surface area contributed by atoms with Crippen LogP contribution >= 0.6 is 11.6 Å². The molecule has 1 amide bonds. The lowest BCUT2D eigenvalue weighted by Crippen LogP contribution is -2.14. The molecule has 0 spiro atoms. The van der Waals surface area contributed by atoms with Crippen molar-refractivity contribution < 1.29 is 9.18 Å². The van der Waals surface area contributed by atoms with Crippen molar-refractivity contribution in [2.75, 3.05) is 5.32 Å². The van der Waals surface area contributed by atoms with Gasteiger partial charge in [0.25, 0.3) is 5.91 Å². The molecule has 0 radical (unpaired) electrons. The summed E-state index contributed by atoms with van der Waals surface area (Å²) < 4.78 is 17.3. The van der Waals surface area contributed by atoms with Crippen LogP contribution in [0.2, 0.25) is 5.02 Å². The number of halogens is 2. The molecule has 3 rings (SSSR count). The summed E-state index contributed by atoms with van der Waals surface area (Å²) in [5, 5.41) is 11.8. The number of benzene rings is 1. The molecule has 0 aliphatic heterocycles. The number of aromatic nitrogens is 4. The molecule has 1 aromatic carbocycles. The first kappa shape index (κ1) is 18.1. The Balaban J connectivity index is 1.85. The molecular formula is C18H19ClFN5O. The van der Waals surface area contributed by atoms with E-state index in [0.29, 0.717) is 39.9 Å². The maximum Gasteiger partial charge on any atom is 0.276 e. The second-order valence-corrected chi connectivity index (χ2v) is 6.32. The van der Waals surface area contributed by atoms with Crippen LogP contribution in [-0.4, -0.2) is 25.5 Å². The Bertz CT molecular complexity index is 942. The number of anilines is 1. The average Bonchev–Trinajstić information content (AvgIpc) is 3.19. The Kier molecular flexibility index (Phi) is 5.08. The SMILES string of the molecule is CCn1ccc(C(=O)Nc2c(C)nn(Cc3c(F)cccc3Cl)c2C)n1. The summed E-state index contributed by atoms with van der Waals surface area (Å²) in [4.78, 5) is 12.4. The Hall–Kier alpha value is -2.67. The number of hydrogen-bond acceptors (Lipinski definition) is 3. The molecule has 0 fully saturated rings. The summed E-state index contributed by atoms with van der Waals surface area (Å²) in [6, 6.07) is 6.22. The van der Waals surface area contributed by atoms with Gasteiger partial charge in [-0.3, -0.25) is 14.2 Å². The predicted octanol–water partition coefficient (Wildman–Crippen LogP) is 3.81. The molecule has 0 saturated carbocycles. The molecule has 0 aliphatic rings. The van der Waals surface area contributed by atoms with Crippen LogP contribution in [0.25, 0.3) is 0 Å². The summed E-state index contributed by atoms with van der Waals surface area (Å²) in [6.07, 6.45) is 1.75. The van der Waals surface area contributed by atoms with Crippen LogP contribution < -0.4 is 5.32 Å². The zero-order chi connectivity index (χ0) is 18.8. The van der Waals surface area contributed by atoms with Gasteiger partial charge in [-0.25, -0.2) is 4.39 Å². The van der Waals surface area contributed by atoms with Crippen molar-refractivity contribution in [2.24, 2.45) is 0 Å². The van der Waals surface area contributed by atoms with Crippen molar-refractivity contribution in [3.05, 3.63) is 63.9 Å². The molecule has 6 nitrogen and oxygen atoms in total. The standard InChI is InChI=1S/C18H19ClFN5O/c1-4-24-9-8-16(23-24)18(26)21-17-11(2)22-25(12(17)3)10-13-14(19)6-5-7-15(13)20/h5-9H,4,10H2,1-3H3,(H,21,26). The molecule has 8 heteroatoms. The van der Waals surface area contributed by atoms with E-state index in [1.54, 1.807) is 40.7 Å². The first-order valence-electron chi connectivity index (χ1n) is 8.22. The van der Waals surface area contributed by atoms with Crippen LogP contribution in [-0.2, 0) is 13.1 Å². The van der Waals surface area contributed by atoms with E-state index in [0.717, 1.165) is 0 Å². The number of aryl methyl sites for hydroxylation is 2. The van der Waals surface area contributed by atoms with Crippen molar-refractivity contribution in [2.45, 2.75) is 33.9 Å². The van der Waals surface area contributed by atoms with Crippen LogP contribution in [0.1, 0.15) is 34.4 Å².